The molecule has 0 amide bonds. The molecule has 0 saturated carbocycles. The Morgan fingerprint density at radius 2 is 2.06 bits per heavy atom. The van der Waals surface area contributed by atoms with Crippen molar-refractivity contribution in [3.05, 3.63) is 29.8 Å². The number of hydrogen-bond acceptors (Lipinski definition) is 3. The third-order valence-electron chi connectivity index (χ3n) is 2.08. The summed E-state index contributed by atoms with van der Waals surface area (Å²) in [7, 11) is 0. The predicted molar refractivity (Wildman–Crippen MR) is 70.5 cm³/mol. The first-order valence-electron chi connectivity index (χ1n) is 8.21. The first-order chi connectivity index (χ1) is 9.93. The van der Waals surface area contributed by atoms with E-state index in [0.717, 1.165) is 12.0 Å². The van der Waals surface area contributed by atoms with E-state index < -0.39 is 19.1 Å². The third kappa shape index (κ3) is 5.71. The summed E-state index contributed by atoms with van der Waals surface area (Å²) in [6, 6.07) is 6.16. The zero-order valence-corrected chi connectivity index (χ0v) is 10.4. The zero-order chi connectivity index (χ0) is 17.2. The topological polar surface area (TPSA) is 41.5 Å². The maximum atomic E-state index is 10.1. The van der Waals surface area contributed by atoms with Gasteiger partial charge in [0, 0.05) is 15.3 Å². The molecular weight excluding hydrogens is 214 g/mol. The van der Waals surface area contributed by atoms with Gasteiger partial charge in [0.05, 0.1) is 4.11 Å². The van der Waals surface area contributed by atoms with E-state index in [2.05, 4.69) is 5.32 Å². The Kier molecular flexibility index (Phi) is 3.49. The van der Waals surface area contributed by atoms with E-state index in [9.17, 15) is 5.11 Å². The van der Waals surface area contributed by atoms with Crippen molar-refractivity contribution in [2.75, 3.05) is 13.1 Å². The highest BCUT2D eigenvalue weighted by atomic mass is 16.5. The number of rotatable bonds is 7. The molecular formula is C14H23NO2. The molecule has 1 aromatic carbocycles. The van der Waals surface area contributed by atoms with Gasteiger partial charge in [-0.15, -0.1) is 0 Å². The summed E-state index contributed by atoms with van der Waals surface area (Å²) < 4.78 is 43.9. The average molecular weight is 242 g/mol. The van der Waals surface area contributed by atoms with Crippen LogP contribution in [0.2, 0.25) is 0 Å². The number of hydrogen-bond donors (Lipinski definition) is 2. The summed E-state index contributed by atoms with van der Waals surface area (Å²) in [6.07, 6.45) is -2.33. The minimum absolute atomic E-state index is 0.119. The number of ether oxygens (including phenoxy) is 1. The minimum atomic E-state index is -3.15. The van der Waals surface area contributed by atoms with Gasteiger partial charge in [-0.25, -0.2) is 0 Å². The van der Waals surface area contributed by atoms with Crippen LogP contribution in [0.3, 0.4) is 0 Å². The standard InChI is InChI=1S/C14H23NO2/c1-4-12-5-7-14(8-6-12)17-10-13(16)9-15-11(2)3/h5-8,11,13,15-16H,4,9-10H2,1-3H3/i9D2,10D2,13D. The van der Waals surface area contributed by atoms with Crippen molar-refractivity contribution >= 4 is 0 Å². The van der Waals surface area contributed by atoms with E-state index in [4.69, 9.17) is 11.6 Å². The van der Waals surface area contributed by atoms with Crippen molar-refractivity contribution in [3.8, 4) is 5.75 Å². The lowest BCUT2D eigenvalue weighted by atomic mass is 10.2. The van der Waals surface area contributed by atoms with E-state index in [-0.39, 0.29) is 11.8 Å². The molecule has 0 saturated heterocycles. The number of nitrogens with one attached hydrogen (secondary N) is 1. The fourth-order valence-corrected chi connectivity index (χ4v) is 1.14. The van der Waals surface area contributed by atoms with Crippen LogP contribution in [0.4, 0.5) is 0 Å². The van der Waals surface area contributed by atoms with E-state index in [1.807, 2.05) is 6.92 Å². The van der Waals surface area contributed by atoms with Gasteiger partial charge in [0.2, 0.25) is 0 Å². The fraction of sp³-hybridized carbons (Fsp3) is 0.571. The van der Waals surface area contributed by atoms with Crippen LogP contribution in [0.15, 0.2) is 24.3 Å². The zero-order valence-electron chi connectivity index (χ0n) is 15.4. The molecule has 1 aromatic rings. The lowest BCUT2D eigenvalue weighted by Gasteiger charge is -2.15. The monoisotopic (exact) mass is 242 g/mol. The fourth-order valence-electron chi connectivity index (χ4n) is 1.14. The van der Waals surface area contributed by atoms with Crippen LogP contribution in [0.5, 0.6) is 5.75 Å². The third-order valence-corrected chi connectivity index (χ3v) is 2.08. The maximum Gasteiger partial charge on any atom is 0.119 e. The molecule has 0 fully saturated rings. The van der Waals surface area contributed by atoms with E-state index in [0.29, 0.717) is 0 Å². The van der Waals surface area contributed by atoms with Gasteiger partial charge in [0.25, 0.3) is 0 Å². The summed E-state index contributed by atoms with van der Waals surface area (Å²) in [4.78, 5) is 0. The average Bonchev–Trinajstić information content (AvgIpc) is 2.37. The molecule has 0 aliphatic carbocycles. The summed E-state index contributed by atoms with van der Waals surface area (Å²) in [5, 5.41) is 12.5. The molecule has 0 heterocycles. The molecule has 0 aromatic heterocycles. The van der Waals surface area contributed by atoms with Gasteiger partial charge in [-0.05, 0) is 24.1 Å². The van der Waals surface area contributed by atoms with Crippen LogP contribution in [-0.4, -0.2) is 30.3 Å². The van der Waals surface area contributed by atoms with Gasteiger partial charge in [-0.1, -0.05) is 32.9 Å². The molecule has 3 nitrogen and oxygen atoms in total. The second-order valence-electron chi connectivity index (χ2n) is 3.97. The lowest BCUT2D eigenvalue weighted by Crippen LogP contribution is -2.35. The van der Waals surface area contributed by atoms with Crippen molar-refractivity contribution in [3.63, 3.8) is 0 Å². The van der Waals surface area contributed by atoms with Gasteiger partial charge >= 0.3 is 0 Å². The highest BCUT2D eigenvalue weighted by Crippen LogP contribution is 2.12. The van der Waals surface area contributed by atoms with E-state index in [1.165, 1.54) is 12.1 Å². The molecule has 0 radical (unpaired) electrons. The van der Waals surface area contributed by atoms with Crippen molar-refractivity contribution in [2.45, 2.75) is 39.3 Å². The number of aryl methyl sites for hydroxylation is 1. The highest BCUT2D eigenvalue weighted by molar-refractivity contribution is 5.27. The lowest BCUT2D eigenvalue weighted by molar-refractivity contribution is 0.104. The Morgan fingerprint density at radius 3 is 2.59 bits per heavy atom. The molecule has 1 rings (SSSR count). The second kappa shape index (κ2) is 7.30. The Bertz CT molecular complexity index is 489. The van der Waals surface area contributed by atoms with E-state index in [1.54, 1.807) is 26.0 Å². The van der Waals surface area contributed by atoms with Crippen molar-refractivity contribution in [1.29, 1.82) is 0 Å². The van der Waals surface area contributed by atoms with Crippen LogP contribution < -0.4 is 10.1 Å². The van der Waals surface area contributed by atoms with Gasteiger partial charge < -0.3 is 15.2 Å². The summed E-state index contributed by atoms with van der Waals surface area (Å²) >= 11 is 0. The molecule has 0 aliphatic heterocycles. The van der Waals surface area contributed by atoms with Gasteiger partial charge in [-0.3, -0.25) is 0 Å². The van der Waals surface area contributed by atoms with E-state index >= 15 is 0 Å². The van der Waals surface area contributed by atoms with Crippen molar-refractivity contribution in [2.24, 2.45) is 0 Å². The van der Waals surface area contributed by atoms with Crippen LogP contribution in [0.25, 0.3) is 0 Å². The highest BCUT2D eigenvalue weighted by Gasteiger charge is 2.05. The Labute approximate surface area is 111 Å². The maximum absolute atomic E-state index is 10.1. The normalized spacial score (nSPS) is 20.6. The van der Waals surface area contributed by atoms with Crippen LogP contribution in [0, 0.1) is 0 Å². The second-order valence-corrected chi connectivity index (χ2v) is 3.97. The molecule has 3 heteroatoms. The first-order valence-corrected chi connectivity index (χ1v) is 5.71. The SMILES string of the molecule is [2H]C([2H])(NC(C)C)C([2H])(O)C([2H])([2H])Oc1ccc(CC)cc1. The number of benzene rings is 1. The molecule has 0 bridgehead atoms. The van der Waals surface area contributed by atoms with Gasteiger partial charge in [0.1, 0.15) is 18.4 Å². The predicted octanol–water partition coefficient (Wildman–Crippen LogP) is 1.99. The first kappa shape index (κ1) is 8.11. The molecule has 17 heavy (non-hydrogen) atoms. The van der Waals surface area contributed by atoms with Gasteiger partial charge in [-0.2, -0.15) is 0 Å². The quantitative estimate of drug-likeness (QED) is 0.768. The summed E-state index contributed by atoms with van der Waals surface area (Å²) in [6.45, 7) is -0.411. The molecule has 96 valence electrons. The van der Waals surface area contributed by atoms with Crippen LogP contribution in [-0.2, 0) is 6.42 Å². The summed E-state index contributed by atoms with van der Waals surface area (Å²) in [5.74, 6) is 0.119. The van der Waals surface area contributed by atoms with Crippen molar-refractivity contribution < 1.29 is 16.7 Å². The van der Waals surface area contributed by atoms with Crippen molar-refractivity contribution in [1.82, 2.24) is 5.32 Å². The molecule has 1 unspecified atom stereocenters. The Morgan fingerprint density at radius 1 is 1.41 bits per heavy atom. The number of aliphatic hydroxyl groups is 1. The molecule has 2 N–H and O–H groups in total. The smallest absolute Gasteiger partial charge is 0.119 e. The molecule has 1 atom stereocenters. The molecule has 0 spiro atoms. The Hall–Kier alpha value is -1.06. The summed E-state index contributed by atoms with van der Waals surface area (Å²) in [5.41, 5.74) is 1.03. The van der Waals surface area contributed by atoms with Crippen LogP contribution in [0.1, 0.15) is 33.2 Å². The molecule has 0 aliphatic rings. The minimum Gasteiger partial charge on any atom is -0.491 e. The Balaban J connectivity index is 2.99. The van der Waals surface area contributed by atoms with Gasteiger partial charge in [0.15, 0.2) is 0 Å². The van der Waals surface area contributed by atoms with Crippen LogP contribution >= 0.6 is 0 Å². The largest absolute Gasteiger partial charge is 0.491 e.